The molecule has 0 aliphatic heterocycles. The van der Waals surface area contributed by atoms with Crippen molar-refractivity contribution in [3.63, 3.8) is 0 Å². The van der Waals surface area contributed by atoms with Gasteiger partial charge in [-0.25, -0.2) is 9.97 Å². The number of nitrogens with one attached hydrogen (secondary N) is 3. The number of hydrogen-bond donors (Lipinski definition) is 4. The maximum Gasteiger partial charge on any atom is 0.293 e. The normalized spacial score (nSPS) is 18.6. The lowest BCUT2D eigenvalue weighted by molar-refractivity contribution is -0.556. The van der Waals surface area contributed by atoms with Gasteiger partial charge < -0.3 is 25.9 Å². The van der Waals surface area contributed by atoms with Crippen molar-refractivity contribution in [1.82, 2.24) is 25.4 Å². The van der Waals surface area contributed by atoms with Gasteiger partial charge in [0.2, 0.25) is 11.8 Å². The number of carbonyl (C=O) groups excluding carboxylic acids is 1. The number of rotatable bonds is 8. The van der Waals surface area contributed by atoms with Crippen molar-refractivity contribution < 1.29 is 14.6 Å². The lowest BCUT2D eigenvalue weighted by Gasteiger charge is -2.19. The molecule has 186 valence electrons. The lowest BCUT2D eigenvalue weighted by atomic mass is 9.95. The van der Waals surface area contributed by atoms with Crippen LogP contribution in [0.1, 0.15) is 72.7 Å². The molecule has 1 atom stereocenters. The highest BCUT2D eigenvalue weighted by Gasteiger charge is 2.45. The first kappa shape index (κ1) is 23.8. The minimum absolute atomic E-state index is 0.0704. The standard InChI is InChI=1S/C26H30N8O2/c1-26(10-11-26)24-33-22(34-36-24)23(35)31-21-6-4-3-5-16-13-17(7-8-19(16)21)20-9-12-29-25(32-20)30-18(14-27)15-28-2/h7-9,12-15,21,27-28H,3-6,10-11H2,1-2H3,(H,31,35)(H,29,30,32)/p+1. The van der Waals surface area contributed by atoms with Crippen molar-refractivity contribution in [3.8, 4) is 11.3 Å². The first-order chi connectivity index (χ1) is 17.5. The van der Waals surface area contributed by atoms with E-state index in [0.29, 0.717) is 17.5 Å². The highest BCUT2D eigenvalue weighted by atomic mass is 16.5. The van der Waals surface area contributed by atoms with Crippen LogP contribution in [0.25, 0.3) is 11.3 Å². The van der Waals surface area contributed by atoms with Crippen LogP contribution in [0.2, 0.25) is 0 Å². The molecule has 0 radical (unpaired) electrons. The van der Waals surface area contributed by atoms with Crippen molar-refractivity contribution in [2.45, 2.75) is 56.9 Å². The second kappa shape index (κ2) is 9.98. The summed E-state index contributed by atoms with van der Waals surface area (Å²) in [6.45, 7) is 2.07. The molecule has 1 fully saturated rings. The largest absolute Gasteiger partial charge is 0.342 e. The maximum atomic E-state index is 12.9. The number of benzene rings is 1. The molecule has 2 aliphatic carbocycles. The van der Waals surface area contributed by atoms with E-state index in [1.807, 2.05) is 24.5 Å². The van der Waals surface area contributed by atoms with E-state index in [0.717, 1.165) is 55.3 Å². The topological polar surface area (TPSA) is 146 Å². The maximum absolute atomic E-state index is 12.9. The zero-order valence-corrected chi connectivity index (χ0v) is 20.5. The van der Waals surface area contributed by atoms with Crippen molar-refractivity contribution in [1.29, 1.82) is 5.41 Å². The summed E-state index contributed by atoms with van der Waals surface area (Å²) in [7, 11) is 1.89. The number of fused-ring (bicyclic) bond motifs is 1. The summed E-state index contributed by atoms with van der Waals surface area (Å²) in [6, 6.07) is 8.02. The molecule has 10 heteroatoms. The van der Waals surface area contributed by atoms with Gasteiger partial charge in [-0.15, -0.1) is 0 Å². The Hall–Kier alpha value is -3.92. The number of nitrogens with two attached hydrogens (primary N) is 1. The molecule has 0 bridgehead atoms. The van der Waals surface area contributed by atoms with Crippen molar-refractivity contribution in [2.75, 3.05) is 12.4 Å². The van der Waals surface area contributed by atoms with Gasteiger partial charge >= 0.3 is 0 Å². The van der Waals surface area contributed by atoms with Gasteiger partial charge in [0.25, 0.3) is 11.7 Å². The Bertz CT molecular complexity index is 1310. The highest BCUT2D eigenvalue weighted by Crippen LogP contribution is 2.46. The van der Waals surface area contributed by atoms with E-state index in [2.05, 4.69) is 49.8 Å². The zero-order chi connectivity index (χ0) is 25.1. The first-order valence-electron chi connectivity index (χ1n) is 12.4. The minimum Gasteiger partial charge on any atom is -0.342 e. The van der Waals surface area contributed by atoms with Crippen LogP contribution < -0.4 is 16.0 Å². The van der Waals surface area contributed by atoms with Gasteiger partial charge in [0, 0.05) is 23.4 Å². The quantitative estimate of drug-likeness (QED) is 0.282. The fourth-order valence-corrected chi connectivity index (χ4v) is 4.49. The van der Waals surface area contributed by atoms with Crippen LogP contribution >= 0.6 is 0 Å². The summed E-state index contributed by atoms with van der Waals surface area (Å²) >= 11 is 0. The van der Waals surface area contributed by atoms with Crippen molar-refractivity contribution in [2.24, 2.45) is 0 Å². The van der Waals surface area contributed by atoms with Crippen LogP contribution in [0.3, 0.4) is 0 Å². The Kier molecular flexibility index (Phi) is 6.60. The smallest absolute Gasteiger partial charge is 0.293 e. The van der Waals surface area contributed by atoms with E-state index in [1.165, 1.54) is 11.8 Å². The SMILES string of the molecule is C[NH2+]C=C(C=N)Nc1nccc(-c2ccc3c(c2)CCCCC3NC(=O)c2noc(C3(C)CC3)n2)n1. The molecule has 0 spiro atoms. The molecule has 3 aromatic rings. The summed E-state index contributed by atoms with van der Waals surface area (Å²) in [5.41, 5.74) is 4.62. The van der Waals surface area contributed by atoms with Gasteiger partial charge in [-0.1, -0.05) is 30.6 Å². The molecule has 1 unspecified atom stereocenters. The average Bonchev–Trinajstić information content (AvgIpc) is 3.49. The number of amides is 1. The molecule has 10 nitrogen and oxygen atoms in total. The molecular weight excluding hydrogens is 456 g/mol. The van der Waals surface area contributed by atoms with Crippen LogP contribution in [-0.4, -0.2) is 39.3 Å². The second-order valence-corrected chi connectivity index (χ2v) is 9.66. The number of nitrogens with zero attached hydrogens (tertiary/aromatic N) is 4. The van der Waals surface area contributed by atoms with Gasteiger partial charge in [-0.2, -0.15) is 4.98 Å². The Balaban J connectivity index is 1.35. The van der Waals surface area contributed by atoms with Gasteiger partial charge in [0.05, 0.1) is 18.8 Å². The fraction of sp³-hybridized carbons (Fsp3) is 0.385. The van der Waals surface area contributed by atoms with Crippen molar-refractivity contribution >= 4 is 18.1 Å². The van der Waals surface area contributed by atoms with Gasteiger partial charge in [0.15, 0.2) is 0 Å². The van der Waals surface area contributed by atoms with Gasteiger partial charge in [-0.05, 0) is 55.4 Å². The van der Waals surface area contributed by atoms with Crippen LogP contribution in [0.4, 0.5) is 5.95 Å². The Labute approximate surface area is 209 Å². The number of quaternary nitrogens is 1. The molecule has 36 heavy (non-hydrogen) atoms. The summed E-state index contributed by atoms with van der Waals surface area (Å²) in [4.78, 5) is 26.2. The Morgan fingerprint density at radius 3 is 2.89 bits per heavy atom. The van der Waals surface area contributed by atoms with Crippen LogP contribution in [0, 0.1) is 5.41 Å². The fourth-order valence-electron chi connectivity index (χ4n) is 4.49. The van der Waals surface area contributed by atoms with Crippen LogP contribution in [-0.2, 0) is 11.8 Å². The zero-order valence-electron chi connectivity index (χ0n) is 20.5. The molecule has 1 aromatic carbocycles. The van der Waals surface area contributed by atoms with E-state index in [9.17, 15) is 4.79 Å². The predicted octanol–water partition coefficient (Wildman–Crippen LogP) is 2.87. The molecular formula is C26H31N8O2+. The Morgan fingerprint density at radius 1 is 1.25 bits per heavy atom. The number of carbonyl (C=O) groups is 1. The second-order valence-electron chi connectivity index (χ2n) is 9.66. The third-order valence-corrected chi connectivity index (χ3v) is 6.87. The third kappa shape index (κ3) is 5.03. The van der Waals surface area contributed by atoms with Crippen molar-refractivity contribution in [3.05, 3.63) is 65.2 Å². The molecule has 0 saturated heterocycles. The number of anilines is 1. The molecule has 1 saturated carbocycles. The highest BCUT2D eigenvalue weighted by molar-refractivity contribution is 5.90. The molecule has 5 N–H and O–H groups in total. The molecule has 2 aliphatic rings. The minimum atomic E-state index is -0.304. The summed E-state index contributed by atoms with van der Waals surface area (Å²) in [6.07, 6.45) is 10.6. The predicted molar refractivity (Wildman–Crippen MR) is 134 cm³/mol. The van der Waals surface area contributed by atoms with Gasteiger partial charge in [0.1, 0.15) is 11.9 Å². The van der Waals surface area contributed by atoms with E-state index in [-0.39, 0.29) is 23.2 Å². The average molecular weight is 488 g/mol. The number of allylic oxidation sites excluding steroid dienone is 1. The van der Waals surface area contributed by atoms with Crippen LogP contribution in [0.15, 0.2) is 46.9 Å². The molecule has 2 heterocycles. The van der Waals surface area contributed by atoms with Gasteiger partial charge in [-0.3, -0.25) is 4.79 Å². The summed E-state index contributed by atoms with van der Waals surface area (Å²) in [5, 5.41) is 19.5. The number of aromatic nitrogens is 4. The first-order valence-corrected chi connectivity index (χ1v) is 12.4. The lowest BCUT2D eigenvalue weighted by Crippen LogP contribution is -2.73. The summed E-state index contributed by atoms with van der Waals surface area (Å²) in [5.74, 6) is 0.777. The monoisotopic (exact) mass is 487 g/mol. The number of aryl methyl sites for hydroxylation is 1. The van der Waals surface area contributed by atoms with E-state index < -0.39 is 0 Å². The van der Waals surface area contributed by atoms with E-state index in [4.69, 9.17) is 9.93 Å². The Morgan fingerprint density at radius 2 is 2.11 bits per heavy atom. The number of hydrogen-bond acceptors (Lipinski definition) is 8. The van der Waals surface area contributed by atoms with E-state index >= 15 is 0 Å². The van der Waals surface area contributed by atoms with Crippen LogP contribution in [0.5, 0.6) is 0 Å². The molecule has 5 rings (SSSR count). The van der Waals surface area contributed by atoms with E-state index in [1.54, 1.807) is 12.4 Å². The molecule has 1 amide bonds. The third-order valence-electron chi connectivity index (χ3n) is 6.87. The molecule has 2 aromatic heterocycles. The summed E-state index contributed by atoms with van der Waals surface area (Å²) < 4.78 is 5.36.